The van der Waals surface area contributed by atoms with Crippen LogP contribution in [0.5, 0.6) is 5.75 Å². The lowest BCUT2D eigenvalue weighted by atomic mass is 9.91. The number of amides is 1. The minimum absolute atomic E-state index is 0.00407. The monoisotopic (exact) mass is 590 g/mol. The van der Waals surface area contributed by atoms with Crippen LogP contribution in [0.15, 0.2) is 70.4 Å². The Kier molecular flexibility index (Phi) is 8.63. The number of hydrogen-bond acceptors (Lipinski definition) is 7. The third-order valence-electron chi connectivity index (χ3n) is 7.33. The minimum Gasteiger partial charge on any atom is -0.491 e. The summed E-state index contributed by atoms with van der Waals surface area (Å²) in [5, 5.41) is 11.9. The maximum absolute atomic E-state index is 14.3. The molecule has 10 nitrogen and oxygen atoms in total. The summed E-state index contributed by atoms with van der Waals surface area (Å²) in [6, 6.07) is 15.1. The van der Waals surface area contributed by atoms with Crippen LogP contribution in [0, 0.1) is 5.82 Å². The zero-order valence-electron chi connectivity index (χ0n) is 24.4. The predicted molar refractivity (Wildman–Crippen MR) is 160 cm³/mol. The average molecular weight is 591 g/mol. The Labute approximate surface area is 247 Å². The van der Waals surface area contributed by atoms with Crippen LogP contribution in [0.1, 0.15) is 52.5 Å². The number of hydrogen-bond donors (Lipinski definition) is 2. The quantitative estimate of drug-likeness (QED) is 0.319. The molecule has 2 aromatic heterocycles. The molecule has 2 heterocycles. The Bertz CT molecular complexity index is 1730. The number of carbonyl (C=O) groups is 1. The van der Waals surface area contributed by atoms with E-state index in [2.05, 4.69) is 10.3 Å². The van der Waals surface area contributed by atoms with Crippen molar-refractivity contribution < 1.29 is 23.8 Å². The van der Waals surface area contributed by atoms with Crippen molar-refractivity contribution in [3.8, 4) is 22.6 Å². The number of fused-ring (bicyclic) bond motifs is 1. The molecule has 0 atom stereocenters. The molecule has 2 N–H and O–H groups in total. The number of aliphatic hydroxyl groups is 1. The van der Waals surface area contributed by atoms with Gasteiger partial charge < -0.3 is 19.9 Å². The maximum Gasteiger partial charge on any atom is 0.407 e. The van der Waals surface area contributed by atoms with Gasteiger partial charge in [-0.05, 0) is 87.9 Å². The van der Waals surface area contributed by atoms with Gasteiger partial charge in [-0.15, -0.1) is 0 Å². The van der Waals surface area contributed by atoms with Crippen LogP contribution < -0.4 is 21.3 Å². The zero-order chi connectivity index (χ0) is 30.7. The summed E-state index contributed by atoms with van der Waals surface area (Å²) in [5.41, 5.74) is 0.424. The van der Waals surface area contributed by atoms with Gasteiger partial charge in [-0.1, -0.05) is 24.3 Å². The third kappa shape index (κ3) is 6.77. The number of ether oxygens (including phenoxy) is 2. The second-order valence-electron chi connectivity index (χ2n) is 11.6. The highest BCUT2D eigenvalue weighted by atomic mass is 19.1. The lowest BCUT2D eigenvalue weighted by Crippen LogP contribution is -2.45. The lowest BCUT2D eigenvalue weighted by Gasteiger charge is -2.31. The first-order valence-electron chi connectivity index (χ1n) is 14.3. The topological polar surface area (TPSA) is 125 Å². The first-order chi connectivity index (χ1) is 20.5. The van der Waals surface area contributed by atoms with Gasteiger partial charge in [-0.3, -0.25) is 9.36 Å². The fourth-order valence-electron chi connectivity index (χ4n) is 5.42. The highest BCUT2D eigenvalue weighted by molar-refractivity contribution is 5.76. The first kappa shape index (κ1) is 30.0. The maximum atomic E-state index is 14.3. The zero-order valence-corrected chi connectivity index (χ0v) is 24.4. The summed E-state index contributed by atoms with van der Waals surface area (Å²) in [6.45, 7) is 5.48. The van der Waals surface area contributed by atoms with Crippen molar-refractivity contribution in [2.24, 2.45) is 0 Å². The summed E-state index contributed by atoms with van der Waals surface area (Å²) >= 11 is 0. The van der Waals surface area contributed by atoms with Gasteiger partial charge in [0.05, 0.1) is 23.9 Å². The summed E-state index contributed by atoms with van der Waals surface area (Å²) in [5.74, 6) is -0.0608. The number of carbonyl (C=O) groups excluding carboxylic acids is 1. The number of pyridine rings is 1. The molecule has 1 amide bonds. The second kappa shape index (κ2) is 12.4. The number of benzene rings is 2. The van der Waals surface area contributed by atoms with Crippen LogP contribution in [0.4, 0.5) is 9.18 Å². The smallest absolute Gasteiger partial charge is 0.407 e. The van der Waals surface area contributed by atoms with E-state index in [1.165, 1.54) is 9.13 Å². The standard InChI is InChI=1S/C32H35FN4O6/c1-32(2,3)43-30(40)35-23-9-11-24(12-10-23)37-29(39)27-18-22(33)19-34-28(27)36(31(37)41)25-6-4-5-21(17-25)20-7-13-26(14-8-20)42-16-15-38/h4-8,13-14,17-19,23-24,38H,9-12,15-16H2,1-3H3,(H,35,40). The molecular weight excluding hydrogens is 555 g/mol. The normalized spacial score (nSPS) is 17.0. The van der Waals surface area contributed by atoms with Gasteiger partial charge in [0.25, 0.3) is 5.56 Å². The SMILES string of the molecule is CC(C)(C)OC(=O)NC1CCC(n2c(=O)c3cc(F)cnc3n(-c3cccc(-c4ccc(OCCO)cc4)c3)c2=O)CC1. The van der Waals surface area contributed by atoms with E-state index in [1.54, 1.807) is 45.0 Å². The van der Waals surface area contributed by atoms with Gasteiger partial charge in [0.15, 0.2) is 5.65 Å². The molecule has 0 aliphatic heterocycles. The molecule has 0 radical (unpaired) electrons. The van der Waals surface area contributed by atoms with Crippen molar-refractivity contribution in [1.29, 1.82) is 0 Å². The van der Waals surface area contributed by atoms with E-state index in [1.807, 2.05) is 24.3 Å². The Balaban J connectivity index is 1.49. The molecule has 0 spiro atoms. The number of alkyl carbamates (subject to hydrolysis) is 1. The number of aliphatic hydroxyl groups excluding tert-OH is 1. The van der Waals surface area contributed by atoms with E-state index in [0.29, 0.717) is 37.1 Å². The van der Waals surface area contributed by atoms with Crippen LogP contribution >= 0.6 is 0 Å². The van der Waals surface area contributed by atoms with Crippen molar-refractivity contribution in [3.05, 3.63) is 87.4 Å². The van der Waals surface area contributed by atoms with Crippen LogP contribution in [-0.4, -0.2) is 50.2 Å². The number of nitrogens with one attached hydrogen (secondary N) is 1. The van der Waals surface area contributed by atoms with E-state index < -0.39 is 34.8 Å². The fourth-order valence-corrected chi connectivity index (χ4v) is 5.42. The van der Waals surface area contributed by atoms with E-state index in [9.17, 15) is 18.8 Å². The summed E-state index contributed by atoms with van der Waals surface area (Å²) in [4.78, 5) is 44.1. The largest absolute Gasteiger partial charge is 0.491 e. The molecule has 11 heteroatoms. The Morgan fingerprint density at radius 1 is 1.05 bits per heavy atom. The van der Waals surface area contributed by atoms with Crippen LogP contribution in [0.3, 0.4) is 0 Å². The number of rotatable bonds is 7. The average Bonchev–Trinajstić information content (AvgIpc) is 2.97. The van der Waals surface area contributed by atoms with Gasteiger partial charge in [0, 0.05) is 12.1 Å². The van der Waals surface area contributed by atoms with Gasteiger partial charge in [-0.25, -0.2) is 23.5 Å². The molecule has 0 unspecified atom stereocenters. The molecule has 0 saturated heterocycles. The predicted octanol–water partition coefficient (Wildman–Crippen LogP) is 4.73. The Hall–Kier alpha value is -4.51. The highest BCUT2D eigenvalue weighted by Crippen LogP contribution is 2.29. The number of aromatic nitrogens is 3. The van der Waals surface area contributed by atoms with Gasteiger partial charge in [-0.2, -0.15) is 0 Å². The summed E-state index contributed by atoms with van der Waals surface area (Å²) in [6.07, 6.45) is 2.51. The fraction of sp³-hybridized carbons (Fsp3) is 0.375. The van der Waals surface area contributed by atoms with Crippen molar-refractivity contribution in [3.63, 3.8) is 0 Å². The van der Waals surface area contributed by atoms with E-state index >= 15 is 0 Å². The minimum atomic E-state index is -0.677. The van der Waals surface area contributed by atoms with Gasteiger partial charge in [0.1, 0.15) is 23.8 Å². The molecule has 0 bridgehead atoms. The number of halogens is 1. The van der Waals surface area contributed by atoms with Crippen molar-refractivity contribution in [2.45, 2.75) is 64.1 Å². The van der Waals surface area contributed by atoms with Gasteiger partial charge >= 0.3 is 11.8 Å². The lowest BCUT2D eigenvalue weighted by molar-refractivity contribution is 0.0487. The Morgan fingerprint density at radius 2 is 1.77 bits per heavy atom. The third-order valence-corrected chi connectivity index (χ3v) is 7.33. The molecule has 1 saturated carbocycles. The molecule has 1 fully saturated rings. The summed E-state index contributed by atoms with van der Waals surface area (Å²) in [7, 11) is 0. The molecule has 226 valence electrons. The molecule has 4 aromatic rings. The van der Waals surface area contributed by atoms with E-state index in [-0.39, 0.29) is 30.3 Å². The van der Waals surface area contributed by atoms with E-state index in [4.69, 9.17) is 14.6 Å². The Morgan fingerprint density at radius 3 is 2.44 bits per heavy atom. The first-order valence-corrected chi connectivity index (χ1v) is 14.3. The molecule has 5 rings (SSSR count). The van der Waals surface area contributed by atoms with Gasteiger partial charge in [0.2, 0.25) is 0 Å². The molecule has 1 aliphatic rings. The van der Waals surface area contributed by atoms with Crippen LogP contribution in [-0.2, 0) is 4.74 Å². The summed E-state index contributed by atoms with van der Waals surface area (Å²) < 4.78 is 27.7. The molecular formula is C32H35FN4O6. The molecule has 43 heavy (non-hydrogen) atoms. The second-order valence-corrected chi connectivity index (χ2v) is 11.6. The highest BCUT2D eigenvalue weighted by Gasteiger charge is 2.29. The van der Waals surface area contributed by atoms with Crippen molar-refractivity contribution >= 4 is 17.1 Å². The molecule has 1 aliphatic carbocycles. The number of nitrogens with zero attached hydrogens (tertiary/aromatic N) is 3. The van der Waals surface area contributed by atoms with Crippen molar-refractivity contribution in [1.82, 2.24) is 19.4 Å². The van der Waals surface area contributed by atoms with Crippen LogP contribution in [0.25, 0.3) is 27.8 Å². The molecule has 2 aromatic carbocycles. The van der Waals surface area contributed by atoms with Crippen molar-refractivity contribution in [2.75, 3.05) is 13.2 Å². The van der Waals surface area contributed by atoms with E-state index in [0.717, 1.165) is 23.4 Å². The van der Waals surface area contributed by atoms with Crippen LogP contribution in [0.2, 0.25) is 0 Å².